The van der Waals surface area contributed by atoms with Crippen molar-refractivity contribution in [1.82, 2.24) is 9.97 Å². The summed E-state index contributed by atoms with van der Waals surface area (Å²) in [6.45, 7) is 2.13. The van der Waals surface area contributed by atoms with Gasteiger partial charge in [0.05, 0.1) is 12.2 Å². The van der Waals surface area contributed by atoms with E-state index in [1.807, 2.05) is 0 Å². The van der Waals surface area contributed by atoms with E-state index in [1.54, 1.807) is 43.5 Å². The van der Waals surface area contributed by atoms with Crippen LogP contribution in [0.15, 0.2) is 42.9 Å². The number of carbonyl (C=O) groups excluding carboxylic acids is 1. The average Bonchev–Trinajstić information content (AvgIpc) is 2.41. The number of nitrogens with zero attached hydrogens (tertiary/aromatic N) is 2. The zero-order valence-corrected chi connectivity index (χ0v) is 9.87. The van der Waals surface area contributed by atoms with Crippen LogP contribution < -0.4 is 4.74 Å². The molecule has 0 aliphatic heterocycles. The predicted octanol–water partition coefficient (Wildman–Crippen LogP) is 2.45. The van der Waals surface area contributed by atoms with E-state index in [9.17, 15) is 4.79 Å². The molecule has 1 aromatic carbocycles. The molecule has 0 aliphatic carbocycles. The summed E-state index contributed by atoms with van der Waals surface area (Å²) in [4.78, 5) is 19.2. The molecular weight excluding hydrogens is 232 g/mol. The summed E-state index contributed by atoms with van der Waals surface area (Å²) >= 11 is 0. The van der Waals surface area contributed by atoms with E-state index >= 15 is 0 Å². The van der Waals surface area contributed by atoms with E-state index in [4.69, 9.17) is 9.47 Å². The van der Waals surface area contributed by atoms with E-state index in [2.05, 4.69) is 9.97 Å². The molecular formula is C13H12N2O3. The Balaban J connectivity index is 2.06. The van der Waals surface area contributed by atoms with Gasteiger partial charge in [-0.3, -0.25) is 0 Å². The van der Waals surface area contributed by atoms with Crippen LogP contribution in [0.4, 0.5) is 0 Å². The van der Waals surface area contributed by atoms with Crippen molar-refractivity contribution >= 4 is 5.97 Å². The van der Waals surface area contributed by atoms with Crippen LogP contribution in [-0.2, 0) is 4.74 Å². The molecule has 0 saturated carbocycles. The number of rotatable bonds is 4. The lowest BCUT2D eigenvalue weighted by molar-refractivity contribution is 0.0526. The number of benzene rings is 1. The highest BCUT2D eigenvalue weighted by Crippen LogP contribution is 2.19. The van der Waals surface area contributed by atoms with Gasteiger partial charge in [-0.2, -0.15) is 0 Å². The average molecular weight is 244 g/mol. The fraction of sp³-hybridized carbons (Fsp3) is 0.154. The number of hydrogen-bond acceptors (Lipinski definition) is 5. The first-order chi connectivity index (χ1) is 8.79. The predicted molar refractivity (Wildman–Crippen MR) is 64.5 cm³/mol. The first-order valence-electron chi connectivity index (χ1n) is 5.50. The SMILES string of the molecule is CCOC(=O)c1ccc(Oc2ccncn2)cc1. The van der Waals surface area contributed by atoms with Gasteiger partial charge in [0, 0.05) is 12.3 Å². The quantitative estimate of drug-likeness (QED) is 0.773. The molecule has 0 bridgehead atoms. The van der Waals surface area contributed by atoms with Crippen LogP contribution in [0.25, 0.3) is 0 Å². The molecule has 0 atom stereocenters. The minimum atomic E-state index is -0.342. The van der Waals surface area contributed by atoms with Crippen LogP contribution in [0.1, 0.15) is 17.3 Å². The minimum absolute atomic E-state index is 0.342. The van der Waals surface area contributed by atoms with Gasteiger partial charge in [-0.15, -0.1) is 0 Å². The Labute approximate surface area is 104 Å². The zero-order valence-electron chi connectivity index (χ0n) is 9.87. The molecule has 18 heavy (non-hydrogen) atoms. The van der Waals surface area contributed by atoms with Crippen molar-refractivity contribution < 1.29 is 14.3 Å². The summed E-state index contributed by atoms with van der Waals surface area (Å²) in [6, 6.07) is 8.32. The van der Waals surface area contributed by atoms with Crippen molar-refractivity contribution in [2.75, 3.05) is 6.61 Å². The molecule has 0 radical (unpaired) electrons. The van der Waals surface area contributed by atoms with Crippen molar-refractivity contribution in [1.29, 1.82) is 0 Å². The first kappa shape index (κ1) is 12.0. The van der Waals surface area contributed by atoms with E-state index in [-0.39, 0.29) is 5.97 Å². The Bertz CT molecular complexity index is 512. The lowest BCUT2D eigenvalue weighted by atomic mass is 10.2. The summed E-state index contributed by atoms with van der Waals surface area (Å²) in [5, 5.41) is 0. The third kappa shape index (κ3) is 3.04. The maximum atomic E-state index is 11.4. The summed E-state index contributed by atoms with van der Waals surface area (Å²) in [5.74, 6) is 0.710. The van der Waals surface area contributed by atoms with Crippen molar-refractivity contribution in [3.8, 4) is 11.6 Å². The molecule has 1 aromatic heterocycles. The molecule has 0 N–H and O–H groups in total. The second-order valence-corrected chi connectivity index (χ2v) is 3.39. The van der Waals surface area contributed by atoms with Crippen LogP contribution in [0.3, 0.4) is 0 Å². The second kappa shape index (κ2) is 5.77. The van der Waals surface area contributed by atoms with E-state index in [0.29, 0.717) is 23.8 Å². The Hall–Kier alpha value is -2.43. The third-order valence-corrected chi connectivity index (χ3v) is 2.14. The van der Waals surface area contributed by atoms with E-state index in [1.165, 1.54) is 6.33 Å². The topological polar surface area (TPSA) is 61.3 Å². The number of aromatic nitrogens is 2. The molecule has 5 heteroatoms. The summed E-state index contributed by atoms with van der Waals surface area (Å²) in [7, 11) is 0. The minimum Gasteiger partial charge on any atom is -0.462 e. The molecule has 92 valence electrons. The highest BCUT2D eigenvalue weighted by atomic mass is 16.5. The van der Waals surface area contributed by atoms with Gasteiger partial charge in [-0.05, 0) is 31.2 Å². The van der Waals surface area contributed by atoms with Crippen LogP contribution in [-0.4, -0.2) is 22.5 Å². The fourth-order valence-corrected chi connectivity index (χ4v) is 1.33. The lowest BCUT2D eigenvalue weighted by Crippen LogP contribution is -2.04. The van der Waals surface area contributed by atoms with Crippen molar-refractivity contribution in [3.05, 3.63) is 48.4 Å². The Morgan fingerprint density at radius 2 is 2.00 bits per heavy atom. The molecule has 1 heterocycles. The Morgan fingerprint density at radius 3 is 2.61 bits per heavy atom. The number of esters is 1. The van der Waals surface area contributed by atoms with Crippen LogP contribution >= 0.6 is 0 Å². The maximum Gasteiger partial charge on any atom is 0.338 e. The summed E-state index contributed by atoms with van der Waals surface area (Å²) in [5.41, 5.74) is 0.492. The summed E-state index contributed by atoms with van der Waals surface area (Å²) in [6.07, 6.45) is 3.00. The maximum absolute atomic E-state index is 11.4. The lowest BCUT2D eigenvalue weighted by Gasteiger charge is -2.05. The summed E-state index contributed by atoms with van der Waals surface area (Å²) < 4.78 is 10.4. The van der Waals surface area contributed by atoms with E-state index < -0.39 is 0 Å². The molecule has 0 amide bonds. The number of carbonyl (C=O) groups is 1. The van der Waals surface area contributed by atoms with Gasteiger partial charge in [0.2, 0.25) is 5.88 Å². The van der Waals surface area contributed by atoms with Gasteiger partial charge in [-0.1, -0.05) is 0 Å². The Morgan fingerprint density at radius 1 is 1.22 bits per heavy atom. The van der Waals surface area contributed by atoms with Gasteiger partial charge in [0.15, 0.2) is 0 Å². The highest BCUT2D eigenvalue weighted by Gasteiger charge is 2.06. The van der Waals surface area contributed by atoms with Crippen LogP contribution in [0.2, 0.25) is 0 Å². The van der Waals surface area contributed by atoms with Gasteiger partial charge >= 0.3 is 5.97 Å². The molecule has 0 spiro atoms. The zero-order chi connectivity index (χ0) is 12.8. The largest absolute Gasteiger partial charge is 0.462 e. The first-order valence-corrected chi connectivity index (χ1v) is 5.50. The van der Waals surface area contributed by atoms with Crippen molar-refractivity contribution in [2.45, 2.75) is 6.92 Å². The smallest absolute Gasteiger partial charge is 0.338 e. The second-order valence-electron chi connectivity index (χ2n) is 3.39. The van der Waals surface area contributed by atoms with E-state index in [0.717, 1.165) is 0 Å². The number of hydrogen-bond donors (Lipinski definition) is 0. The van der Waals surface area contributed by atoms with Gasteiger partial charge in [0.25, 0.3) is 0 Å². The van der Waals surface area contributed by atoms with Crippen molar-refractivity contribution in [2.24, 2.45) is 0 Å². The van der Waals surface area contributed by atoms with Gasteiger partial charge < -0.3 is 9.47 Å². The molecule has 2 aromatic rings. The van der Waals surface area contributed by atoms with Crippen molar-refractivity contribution in [3.63, 3.8) is 0 Å². The molecule has 0 fully saturated rings. The van der Waals surface area contributed by atoms with Crippen LogP contribution in [0, 0.1) is 0 Å². The molecule has 0 unspecified atom stereocenters. The van der Waals surface area contributed by atoms with Gasteiger partial charge in [-0.25, -0.2) is 14.8 Å². The standard InChI is InChI=1S/C13H12N2O3/c1-2-17-13(16)10-3-5-11(6-4-10)18-12-7-8-14-9-15-12/h3-9H,2H2,1H3. The van der Waals surface area contributed by atoms with Crippen LogP contribution in [0.5, 0.6) is 11.6 Å². The Kier molecular flexibility index (Phi) is 3.86. The molecule has 0 aliphatic rings. The number of ether oxygens (including phenoxy) is 2. The molecule has 0 saturated heterocycles. The molecule has 5 nitrogen and oxygen atoms in total. The molecule has 2 rings (SSSR count). The van der Waals surface area contributed by atoms with Gasteiger partial charge in [0.1, 0.15) is 12.1 Å². The highest BCUT2D eigenvalue weighted by molar-refractivity contribution is 5.89. The third-order valence-electron chi connectivity index (χ3n) is 2.14. The monoisotopic (exact) mass is 244 g/mol. The fourth-order valence-electron chi connectivity index (χ4n) is 1.33. The normalized spacial score (nSPS) is 9.83.